The molecule has 6 heteroatoms. The number of halogens is 1. The number of amides is 1. The van der Waals surface area contributed by atoms with Crippen molar-refractivity contribution in [3.05, 3.63) is 28.2 Å². The number of benzene rings is 1. The number of carbonyl (C=O) groups is 1. The third kappa shape index (κ3) is 6.77. The minimum atomic E-state index is -0.239. The van der Waals surface area contributed by atoms with E-state index in [-0.39, 0.29) is 5.91 Å². The molecule has 0 bridgehead atoms. The first-order valence-electron chi connectivity index (χ1n) is 8.41. The van der Waals surface area contributed by atoms with E-state index < -0.39 is 0 Å². The molecule has 0 heterocycles. The zero-order chi connectivity index (χ0) is 18.1. The van der Waals surface area contributed by atoms with Crippen LogP contribution in [-0.4, -0.2) is 35.6 Å². The van der Waals surface area contributed by atoms with Crippen molar-refractivity contribution >= 4 is 39.2 Å². The second kappa shape index (κ2) is 10.7. The monoisotopic (exact) mass is 414 g/mol. The van der Waals surface area contributed by atoms with Crippen LogP contribution < -0.4 is 10.1 Å². The first kappa shape index (κ1) is 20.9. The number of nitrogens with one attached hydrogen (secondary N) is 1. The van der Waals surface area contributed by atoms with E-state index in [0.717, 1.165) is 30.4 Å². The maximum atomic E-state index is 12.7. The van der Waals surface area contributed by atoms with Crippen molar-refractivity contribution in [3.63, 3.8) is 0 Å². The summed E-state index contributed by atoms with van der Waals surface area (Å²) in [5.41, 5.74) is 0.486. The standard InChI is InChI=1S/C18H27BrN2O2S/c1-5-9-21(10-6-2)18(24)20-17(22)15-11-14(19)7-8-16(15)23-12-13(3)4/h7-8,11,13H,5-6,9-10,12H2,1-4H3,(H,20,22,24). The molecular weight excluding hydrogens is 388 g/mol. The molecule has 1 rings (SSSR count). The predicted octanol–water partition coefficient (Wildman–Crippen LogP) is 4.62. The lowest BCUT2D eigenvalue weighted by Crippen LogP contribution is -2.43. The topological polar surface area (TPSA) is 41.6 Å². The van der Waals surface area contributed by atoms with Gasteiger partial charge in [-0.25, -0.2) is 0 Å². The Morgan fingerprint density at radius 2 is 1.92 bits per heavy atom. The van der Waals surface area contributed by atoms with Crippen molar-refractivity contribution < 1.29 is 9.53 Å². The van der Waals surface area contributed by atoms with Gasteiger partial charge < -0.3 is 9.64 Å². The second-order valence-corrected chi connectivity index (χ2v) is 7.39. The fourth-order valence-corrected chi connectivity index (χ4v) is 2.80. The van der Waals surface area contributed by atoms with Crippen LogP contribution in [-0.2, 0) is 0 Å². The van der Waals surface area contributed by atoms with Gasteiger partial charge in [-0.05, 0) is 49.2 Å². The van der Waals surface area contributed by atoms with Gasteiger partial charge in [0.1, 0.15) is 5.75 Å². The zero-order valence-electron chi connectivity index (χ0n) is 14.9. The Morgan fingerprint density at radius 1 is 1.29 bits per heavy atom. The van der Waals surface area contributed by atoms with Crippen molar-refractivity contribution in [2.24, 2.45) is 5.92 Å². The van der Waals surface area contributed by atoms with Gasteiger partial charge in [0, 0.05) is 17.6 Å². The summed E-state index contributed by atoms with van der Waals surface area (Å²) in [5.74, 6) is 0.720. The van der Waals surface area contributed by atoms with Gasteiger partial charge in [-0.2, -0.15) is 0 Å². The maximum Gasteiger partial charge on any atom is 0.261 e. The number of thiocarbonyl (C=S) groups is 1. The molecule has 1 amide bonds. The third-order valence-corrected chi connectivity index (χ3v) is 4.11. The highest BCUT2D eigenvalue weighted by Crippen LogP contribution is 2.24. The molecule has 134 valence electrons. The largest absolute Gasteiger partial charge is 0.492 e. The van der Waals surface area contributed by atoms with E-state index >= 15 is 0 Å². The first-order valence-corrected chi connectivity index (χ1v) is 9.61. The van der Waals surface area contributed by atoms with Crippen molar-refractivity contribution in [1.82, 2.24) is 10.2 Å². The van der Waals surface area contributed by atoms with Gasteiger partial charge in [-0.1, -0.05) is 43.6 Å². The molecule has 4 nitrogen and oxygen atoms in total. The molecule has 1 aromatic rings. The molecule has 0 atom stereocenters. The molecule has 0 saturated heterocycles. The molecule has 0 aliphatic carbocycles. The highest BCUT2D eigenvalue weighted by molar-refractivity contribution is 9.10. The Hall–Kier alpha value is -1.14. The predicted molar refractivity (Wildman–Crippen MR) is 107 cm³/mol. The van der Waals surface area contributed by atoms with Gasteiger partial charge in [0.2, 0.25) is 0 Å². The normalized spacial score (nSPS) is 10.6. The summed E-state index contributed by atoms with van der Waals surface area (Å²) >= 11 is 8.82. The Balaban J connectivity index is 2.89. The molecule has 0 aliphatic heterocycles. The van der Waals surface area contributed by atoms with Crippen LogP contribution in [0.4, 0.5) is 0 Å². The molecule has 0 spiro atoms. The summed E-state index contributed by atoms with van der Waals surface area (Å²) in [5, 5.41) is 3.31. The van der Waals surface area contributed by atoms with E-state index in [9.17, 15) is 4.79 Å². The molecule has 0 aliphatic rings. The van der Waals surface area contributed by atoms with Crippen molar-refractivity contribution in [3.8, 4) is 5.75 Å². The van der Waals surface area contributed by atoms with Crippen LogP contribution in [0.2, 0.25) is 0 Å². The first-order chi connectivity index (χ1) is 11.4. The van der Waals surface area contributed by atoms with Crippen molar-refractivity contribution in [2.75, 3.05) is 19.7 Å². The molecule has 0 saturated carbocycles. The molecule has 0 unspecified atom stereocenters. The lowest BCUT2D eigenvalue weighted by atomic mass is 10.2. The Bertz CT molecular complexity index is 558. The molecule has 0 fully saturated rings. The summed E-state index contributed by atoms with van der Waals surface area (Å²) in [6.45, 7) is 10.6. The van der Waals surface area contributed by atoms with Gasteiger partial charge in [-0.15, -0.1) is 0 Å². The van der Waals surface area contributed by atoms with Gasteiger partial charge >= 0.3 is 0 Å². The molecule has 0 radical (unpaired) electrons. The van der Waals surface area contributed by atoms with E-state index in [1.165, 1.54) is 0 Å². The minimum absolute atomic E-state index is 0.239. The van der Waals surface area contributed by atoms with Crippen LogP contribution >= 0.6 is 28.1 Å². The number of carbonyl (C=O) groups excluding carboxylic acids is 1. The Morgan fingerprint density at radius 3 is 2.46 bits per heavy atom. The molecule has 1 N–H and O–H groups in total. The number of nitrogens with zero attached hydrogens (tertiary/aromatic N) is 1. The van der Waals surface area contributed by atoms with Crippen LogP contribution in [0.15, 0.2) is 22.7 Å². The average molecular weight is 415 g/mol. The van der Waals surface area contributed by atoms with Crippen molar-refractivity contribution in [2.45, 2.75) is 40.5 Å². The van der Waals surface area contributed by atoms with Gasteiger partial charge in [-0.3, -0.25) is 10.1 Å². The number of hydrogen-bond donors (Lipinski definition) is 1. The van der Waals surface area contributed by atoms with Crippen molar-refractivity contribution in [1.29, 1.82) is 0 Å². The fraction of sp³-hybridized carbons (Fsp3) is 0.556. The van der Waals surface area contributed by atoms with Crippen LogP contribution in [0.5, 0.6) is 5.75 Å². The number of hydrogen-bond acceptors (Lipinski definition) is 3. The maximum absolute atomic E-state index is 12.7. The smallest absolute Gasteiger partial charge is 0.261 e. The van der Waals surface area contributed by atoms with Crippen LogP contribution in [0, 0.1) is 5.92 Å². The summed E-state index contributed by atoms with van der Waals surface area (Å²) in [7, 11) is 0. The van der Waals surface area contributed by atoms with Gasteiger partial charge in [0.05, 0.1) is 12.2 Å². The summed E-state index contributed by atoms with van der Waals surface area (Å²) in [6.07, 6.45) is 1.96. The summed E-state index contributed by atoms with van der Waals surface area (Å²) in [6, 6.07) is 5.43. The van der Waals surface area contributed by atoms with E-state index in [1.54, 1.807) is 12.1 Å². The summed E-state index contributed by atoms with van der Waals surface area (Å²) < 4.78 is 6.60. The lowest BCUT2D eigenvalue weighted by Gasteiger charge is -2.24. The van der Waals surface area contributed by atoms with Gasteiger partial charge in [0.25, 0.3) is 5.91 Å². The minimum Gasteiger partial charge on any atom is -0.492 e. The average Bonchev–Trinajstić information content (AvgIpc) is 2.53. The van der Waals surface area contributed by atoms with E-state index in [1.807, 2.05) is 11.0 Å². The Kier molecular flexibility index (Phi) is 9.29. The molecule has 24 heavy (non-hydrogen) atoms. The van der Waals surface area contributed by atoms with Gasteiger partial charge in [0.15, 0.2) is 5.11 Å². The van der Waals surface area contributed by atoms with E-state index in [4.69, 9.17) is 17.0 Å². The van der Waals surface area contributed by atoms with E-state index in [0.29, 0.717) is 29.0 Å². The fourth-order valence-electron chi connectivity index (χ4n) is 2.16. The molecule has 1 aromatic carbocycles. The number of rotatable bonds is 8. The highest BCUT2D eigenvalue weighted by atomic mass is 79.9. The quantitative estimate of drug-likeness (QED) is 0.629. The molecular formula is C18H27BrN2O2S. The highest BCUT2D eigenvalue weighted by Gasteiger charge is 2.17. The third-order valence-electron chi connectivity index (χ3n) is 3.25. The summed E-state index contributed by atoms with van der Waals surface area (Å²) in [4.78, 5) is 14.7. The van der Waals surface area contributed by atoms with Crippen LogP contribution in [0.1, 0.15) is 50.9 Å². The Labute approximate surface area is 159 Å². The zero-order valence-corrected chi connectivity index (χ0v) is 17.3. The van der Waals surface area contributed by atoms with E-state index in [2.05, 4.69) is 48.9 Å². The van der Waals surface area contributed by atoms with Crippen LogP contribution in [0.25, 0.3) is 0 Å². The lowest BCUT2D eigenvalue weighted by molar-refractivity contribution is 0.0968. The van der Waals surface area contributed by atoms with Crippen LogP contribution in [0.3, 0.4) is 0 Å². The second-order valence-electron chi connectivity index (χ2n) is 6.09. The SMILES string of the molecule is CCCN(CCC)C(=S)NC(=O)c1cc(Br)ccc1OCC(C)C. The molecule has 0 aromatic heterocycles. The number of ether oxygens (including phenoxy) is 1.